The molecule has 31 heavy (non-hydrogen) atoms. The minimum absolute atomic E-state index is 0.297. The fourth-order valence-electron chi connectivity index (χ4n) is 3.58. The summed E-state index contributed by atoms with van der Waals surface area (Å²) in [5.41, 5.74) is 4.78. The Morgan fingerprint density at radius 3 is 1.97 bits per heavy atom. The number of carbonyl (C=O) groups is 1. The maximum Gasteiger partial charge on any atom is 0.335 e. The maximum atomic E-state index is 12.3. The van der Waals surface area contributed by atoms with Gasteiger partial charge in [-0.05, 0) is 55.4 Å². The Hall–Kier alpha value is -2.13. The van der Waals surface area contributed by atoms with Crippen molar-refractivity contribution >= 4 is 5.97 Å². The largest absolute Gasteiger partial charge is 0.456 e. The van der Waals surface area contributed by atoms with E-state index in [0.29, 0.717) is 6.61 Å². The van der Waals surface area contributed by atoms with Crippen LogP contribution in [0.5, 0.6) is 0 Å². The Morgan fingerprint density at radius 2 is 1.35 bits per heavy atom. The second-order valence-corrected chi connectivity index (χ2v) is 8.43. The molecule has 0 aliphatic heterocycles. The van der Waals surface area contributed by atoms with Gasteiger partial charge in [0.25, 0.3) is 0 Å². The molecule has 0 aliphatic carbocycles. The molecular formula is C28H40O3. The monoisotopic (exact) mass is 424 g/mol. The van der Waals surface area contributed by atoms with Gasteiger partial charge in [-0.15, -0.1) is 0 Å². The van der Waals surface area contributed by atoms with Crippen molar-refractivity contribution in [3.05, 3.63) is 59.7 Å². The zero-order valence-electron chi connectivity index (χ0n) is 19.9. The molecule has 2 unspecified atom stereocenters. The number of ether oxygens (including phenoxy) is 2. The van der Waals surface area contributed by atoms with Gasteiger partial charge >= 0.3 is 5.97 Å². The Morgan fingerprint density at radius 1 is 0.774 bits per heavy atom. The van der Waals surface area contributed by atoms with Gasteiger partial charge in [-0.1, -0.05) is 94.5 Å². The van der Waals surface area contributed by atoms with Crippen molar-refractivity contribution in [2.75, 3.05) is 6.61 Å². The third-order valence-electron chi connectivity index (χ3n) is 5.73. The fourth-order valence-corrected chi connectivity index (χ4v) is 3.58. The van der Waals surface area contributed by atoms with Crippen LogP contribution >= 0.6 is 0 Å². The van der Waals surface area contributed by atoms with Gasteiger partial charge in [-0.3, -0.25) is 0 Å². The van der Waals surface area contributed by atoms with Crippen LogP contribution in [0.15, 0.2) is 48.5 Å². The molecule has 0 bridgehead atoms. The highest BCUT2D eigenvalue weighted by Gasteiger charge is 2.19. The molecule has 2 aromatic carbocycles. The predicted molar refractivity (Wildman–Crippen MR) is 129 cm³/mol. The van der Waals surface area contributed by atoms with Crippen LogP contribution in [0, 0.1) is 0 Å². The summed E-state index contributed by atoms with van der Waals surface area (Å²) < 4.78 is 11.2. The van der Waals surface area contributed by atoms with Crippen LogP contribution in [0.2, 0.25) is 0 Å². The number of hydrogen-bond acceptors (Lipinski definition) is 3. The van der Waals surface area contributed by atoms with Crippen molar-refractivity contribution in [2.45, 2.75) is 91.3 Å². The summed E-state index contributed by atoms with van der Waals surface area (Å²) in [5, 5.41) is 0. The lowest BCUT2D eigenvalue weighted by atomic mass is 9.99. The second-order valence-electron chi connectivity index (χ2n) is 8.43. The molecule has 3 nitrogen and oxygen atoms in total. The molecule has 0 saturated heterocycles. The molecule has 2 aromatic rings. The first-order valence-electron chi connectivity index (χ1n) is 12.1. The Labute approximate surface area is 189 Å². The van der Waals surface area contributed by atoms with E-state index in [1.807, 2.05) is 19.1 Å². The molecule has 0 heterocycles. The molecule has 0 fully saturated rings. The van der Waals surface area contributed by atoms with E-state index in [-0.39, 0.29) is 12.1 Å². The molecule has 0 radical (unpaired) electrons. The molecule has 0 spiro atoms. The standard InChI is InChI=1S/C28H40O3/c1-5-7-9-10-12-24-13-15-26(16-14-24)27-19-17-25(18-20-27)22(3)31-28(29)23(4)30-21-11-8-6-2/h13-20,22-23H,5-12,21H2,1-4H3. The lowest BCUT2D eigenvalue weighted by Gasteiger charge is -2.18. The van der Waals surface area contributed by atoms with Crippen molar-refractivity contribution in [3.8, 4) is 11.1 Å². The lowest BCUT2D eigenvalue weighted by molar-refractivity contribution is -0.161. The number of aryl methyl sites for hydroxylation is 1. The Balaban J connectivity index is 1.85. The van der Waals surface area contributed by atoms with Gasteiger partial charge in [0.2, 0.25) is 0 Å². The summed E-state index contributed by atoms with van der Waals surface area (Å²) >= 11 is 0. The van der Waals surface area contributed by atoms with Gasteiger partial charge in [0.15, 0.2) is 6.10 Å². The first-order chi connectivity index (χ1) is 15.0. The number of benzene rings is 2. The molecule has 2 rings (SSSR count). The highest BCUT2D eigenvalue weighted by atomic mass is 16.6. The van der Waals surface area contributed by atoms with Crippen LogP contribution in [-0.4, -0.2) is 18.7 Å². The Kier molecular flexibility index (Phi) is 11.4. The van der Waals surface area contributed by atoms with Crippen LogP contribution in [-0.2, 0) is 20.7 Å². The van der Waals surface area contributed by atoms with Crippen molar-refractivity contribution in [2.24, 2.45) is 0 Å². The van der Waals surface area contributed by atoms with Crippen molar-refractivity contribution in [1.82, 2.24) is 0 Å². The summed E-state index contributed by atoms with van der Waals surface area (Å²) in [6.07, 6.45) is 8.74. The van der Waals surface area contributed by atoms with Crippen molar-refractivity contribution in [3.63, 3.8) is 0 Å². The molecule has 0 aliphatic rings. The van der Waals surface area contributed by atoms with Gasteiger partial charge in [0, 0.05) is 6.61 Å². The van der Waals surface area contributed by atoms with E-state index in [9.17, 15) is 4.79 Å². The quantitative estimate of drug-likeness (QED) is 0.230. The van der Waals surface area contributed by atoms with E-state index in [1.54, 1.807) is 6.92 Å². The summed E-state index contributed by atoms with van der Waals surface area (Å²) in [7, 11) is 0. The average Bonchev–Trinajstić information content (AvgIpc) is 2.80. The highest BCUT2D eigenvalue weighted by Crippen LogP contribution is 2.24. The third kappa shape index (κ3) is 8.86. The van der Waals surface area contributed by atoms with Crippen LogP contribution in [0.4, 0.5) is 0 Å². The number of hydrogen-bond donors (Lipinski definition) is 0. The smallest absolute Gasteiger partial charge is 0.335 e. The maximum absolute atomic E-state index is 12.3. The van der Waals surface area contributed by atoms with E-state index in [0.717, 1.165) is 31.2 Å². The molecule has 170 valence electrons. The van der Waals surface area contributed by atoms with Gasteiger partial charge in [0.1, 0.15) is 6.10 Å². The molecule has 0 saturated carbocycles. The Bertz CT molecular complexity index is 749. The summed E-state index contributed by atoms with van der Waals surface area (Å²) in [6.45, 7) is 8.66. The third-order valence-corrected chi connectivity index (χ3v) is 5.73. The molecule has 2 atom stereocenters. The van der Waals surface area contributed by atoms with Crippen LogP contribution in [0.3, 0.4) is 0 Å². The normalized spacial score (nSPS) is 13.0. The summed E-state index contributed by atoms with van der Waals surface area (Å²) in [6, 6.07) is 17.2. The molecule has 0 amide bonds. The summed E-state index contributed by atoms with van der Waals surface area (Å²) in [4.78, 5) is 12.3. The molecule has 3 heteroatoms. The lowest BCUT2D eigenvalue weighted by Crippen LogP contribution is -2.25. The number of unbranched alkanes of at least 4 members (excludes halogenated alkanes) is 5. The number of carbonyl (C=O) groups excluding carboxylic acids is 1. The fraction of sp³-hybridized carbons (Fsp3) is 0.536. The minimum Gasteiger partial charge on any atom is -0.456 e. The molecule has 0 aromatic heterocycles. The van der Waals surface area contributed by atoms with Crippen LogP contribution < -0.4 is 0 Å². The van der Waals surface area contributed by atoms with Gasteiger partial charge < -0.3 is 9.47 Å². The predicted octanol–water partition coefficient (Wildman–Crippen LogP) is 7.68. The minimum atomic E-state index is -0.529. The van der Waals surface area contributed by atoms with Crippen molar-refractivity contribution < 1.29 is 14.3 Å². The first kappa shape index (κ1) is 25.1. The van der Waals surface area contributed by atoms with Gasteiger partial charge in [-0.25, -0.2) is 4.79 Å². The van der Waals surface area contributed by atoms with E-state index in [4.69, 9.17) is 9.47 Å². The zero-order chi connectivity index (χ0) is 22.5. The van der Waals surface area contributed by atoms with E-state index < -0.39 is 6.10 Å². The topological polar surface area (TPSA) is 35.5 Å². The van der Waals surface area contributed by atoms with E-state index in [1.165, 1.54) is 42.4 Å². The van der Waals surface area contributed by atoms with E-state index in [2.05, 4.69) is 50.2 Å². The average molecular weight is 425 g/mol. The second kappa shape index (κ2) is 14.0. The molecular weight excluding hydrogens is 384 g/mol. The first-order valence-corrected chi connectivity index (χ1v) is 12.1. The highest BCUT2D eigenvalue weighted by molar-refractivity contribution is 5.74. The summed E-state index contributed by atoms with van der Waals surface area (Å²) in [5.74, 6) is -0.303. The van der Waals surface area contributed by atoms with E-state index >= 15 is 0 Å². The van der Waals surface area contributed by atoms with Gasteiger partial charge in [0.05, 0.1) is 0 Å². The van der Waals surface area contributed by atoms with Crippen LogP contribution in [0.1, 0.15) is 89.9 Å². The number of esters is 1. The van der Waals surface area contributed by atoms with Crippen LogP contribution in [0.25, 0.3) is 11.1 Å². The van der Waals surface area contributed by atoms with Gasteiger partial charge in [-0.2, -0.15) is 0 Å². The molecule has 0 N–H and O–H groups in total. The van der Waals surface area contributed by atoms with Crippen molar-refractivity contribution in [1.29, 1.82) is 0 Å². The number of rotatable bonds is 14. The zero-order valence-corrected chi connectivity index (χ0v) is 19.9. The SMILES string of the molecule is CCCCCCc1ccc(-c2ccc(C(C)OC(=O)C(C)OCCCCC)cc2)cc1.